The lowest BCUT2D eigenvalue weighted by atomic mass is 10.1. The number of aromatic nitrogens is 1. The highest BCUT2D eigenvalue weighted by molar-refractivity contribution is 5.94. The molecule has 0 amide bonds. The first-order valence-corrected chi connectivity index (χ1v) is 4.39. The van der Waals surface area contributed by atoms with Crippen molar-refractivity contribution in [1.29, 1.82) is 0 Å². The number of hydrogen-bond donors (Lipinski definition) is 1. The molecule has 0 aliphatic heterocycles. The van der Waals surface area contributed by atoms with E-state index in [0.29, 0.717) is 5.88 Å². The Kier molecular flexibility index (Phi) is 3.68. The van der Waals surface area contributed by atoms with Crippen molar-refractivity contribution in [1.82, 2.24) is 4.98 Å². The predicted octanol–water partition coefficient (Wildman–Crippen LogP) is 2.36. The number of hydrogen-bond acceptors (Lipinski definition) is 3. The first-order chi connectivity index (χ1) is 7.22. The van der Waals surface area contributed by atoms with E-state index in [4.69, 9.17) is 9.84 Å². The SMILES string of the molecule is COc1nc(C(=O)O)cc2ccccc12.Cl. The Labute approximate surface area is 98.3 Å². The van der Waals surface area contributed by atoms with Crippen molar-refractivity contribution in [2.45, 2.75) is 0 Å². The second kappa shape index (κ2) is 4.81. The third kappa shape index (κ3) is 2.06. The zero-order valence-corrected chi connectivity index (χ0v) is 9.32. The van der Waals surface area contributed by atoms with Crippen LogP contribution < -0.4 is 4.74 Å². The van der Waals surface area contributed by atoms with Gasteiger partial charge in [-0.15, -0.1) is 12.4 Å². The van der Waals surface area contributed by atoms with Gasteiger partial charge in [0.25, 0.3) is 0 Å². The summed E-state index contributed by atoms with van der Waals surface area (Å²) in [7, 11) is 1.47. The van der Waals surface area contributed by atoms with E-state index >= 15 is 0 Å². The molecule has 2 rings (SSSR count). The molecule has 16 heavy (non-hydrogen) atoms. The monoisotopic (exact) mass is 239 g/mol. The zero-order chi connectivity index (χ0) is 10.8. The van der Waals surface area contributed by atoms with Gasteiger partial charge in [-0.2, -0.15) is 0 Å². The van der Waals surface area contributed by atoms with Gasteiger partial charge in [0.2, 0.25) is 5.88 Å². The van der Waals surface area contributed by atoms with E-state index in [2.05, 4.69) is 4.98 Å². The maximum absolute atomic E-state index is 10.8. The van der Waals surface area contributed by atoms with Crippen LogP contribution in [0.4, 0.5) is 0 Å². The van der Waals surface area contributed by atoms with E-state index in [0.717, 1.165) is 10.8 Å². The molecule has 5 heteroatoms. The minimum atomic E-state index is -1.06. The van der Waals surface area contributed by atoms with Gasteiger partial charge < -0.3 is 9.84 Å². The molecule has 0 atom stereocenters. The molecule has 0 spiro atoms. The van der Waals surface area contributed by atoms with Gasteiger partial charge in [-0.1, -0.05) is 18.2 Å². The normalized spacial score (nSPS) is 9.56. The summed E-state index contributed by atoms with van der Waals surface area (Å²) in [6, 6.07) is 8.89. The summed E-state index contributed by atoms with van der Waals surface area (Å²) in [5.41, 5.74) is -0.00875. The van der Waals surface area contributed by atoms with Crippen LogP contribution in [-0.2, 0) is 0 Å². The molecule has 84 valence electrons. The number of aromatic carboxylic acids is 1. The third-order valence-corrected chi connectivity index (χ3v) is 2.12. The Morgan fingerprint density at radius 3 is 2.69 bits per heavy atom. The van der Waals surface area contributed by atoms with E-state index < -0.39 is 5.97 Å². The lowest BCUT2D eigenvalue weighted by Gasteiger charge is -2.05. The molecule has 0 bridgehead atoms. The lowest BCUT2D eigenvalue weighted by molar-refractivity contribution is 0.0690. The molecule has 1 N–H and O–H groups in total. The van der Waals surface area contributed by atoms with E-state index in [-0.39, 0.29) is 18.1 Å². The fourth-order valence-electron chi connectivity index (χ4n) is 1.43. The number of nitrogens with zero attached hydrogens (tertiary/aromatic N) is 1. The van der Waals surface area contributed by atoms with E-state index in [1.54, 1.807) is 0 Å². The first kappa shape index (κ1) is 12.3. The molecule has 1 heterocycles. The largest absolute Gasteiger partial charge is 0.481 e. The van der Waals surface area contributed by atoms with Crippen LogP contribution >= 0.6 is 12.4 Å². The van der Waals surface area contributed by atoms with Gasteiger partial charge in [0, 0.05) is 5.39 Å². The average molecular weight is 240 g/mol. The highest BCUT2D eigenvalue weighted by Crippen LogP contribution is 2.23. The molecule has 4 nitrogen and oxygen atoms in total. The van der Waals surface area contributed by atoms with Crippen LogP contribution in [0.1, 0.15) is 10.5 Å². The fraction of sp³-hybridized carbons (Fsp3) is 0.0909. The van der Waals surface area contributed by atoms with Crippen molar-refractivity contribution >= 4 is 29.1 Å². The van der Waals surface area contributed by atoms with Crippen molar-refractivity contribution in [2.75, 3.05) is 7.11 Å². The quantitative estimate of drug-likeness (QED) is 0.874. The van der Waals surface area contributed by atoms with Crippen molar-refractivity contribution in [3.05, 3.63) is 36.0 Å². The summed E-state index contributed by atoms with van der Waals surface area (Å²) in [6.07, 6.45) is 0. The number of fused-ring (bicyclic) bond motifs is 1. The van der Waals surface area contributed by atoms with Crippen molar-refractivity contribution in [3.63, 3.8) is 0 Å². The minimum Gasteiger partial charge on any atom is -0.481 e. The van der Waals surface area contributed by atoms with Crippen molar-refractivity contribution < 1.29 is 14.6 Å². The number of methoxy groups -OCH3 is 1. The molecule has 1 aromatic carbocycles. The molecular formula is C11H10ClNO3. The summed E-state index contributed by atoms with van der Waals surface area (Å²) in [4.78, 5) is 14.7. The first-order valence-electron chi connectivity index (χ1n) is 4.39. The summed E-state index contributed by atoms with van der Waals surface area (Å²) in [5.74, 6) is -0.718. The highest BCUT2D eigenvalue weighted by atomic mass is 35.5. The standard InChI is InChI=1S/C11H9NO3.ClH/c1-15-10-8-5-3-2-4-7(8)6-9(12-10)11(13)14;/h2-6H,1H3,(H,13,14);1H. The third-order valence-electron chi connectivity index (χ3n) is 2.12. The van der Waals surface area contributed by atoms with Crippen LogP contribution in [0, 0.1) is 0 Å². The van der Waals surface area contributed by atoms with E-state index in [9.17, 15) is 4.79 Å². The van der Waals surface area contributed by atoms with Crippen LogP contribution in [-0.4, -0.2) is 23.2 Å². The molecule has 0 radical (unpaired) electrons. The maximum atomic E-state index is 10.8. The smallest absolute Gasteiger partial charge is 0.354 e. The second-order valence-electron chi connectivity index (χ2n) is 3.04. The molecule has 0 aliphatic rings. The summed E-state index contributed by atoms with van der Waals surface area (Å²) in [5, 5.41) is 10.5. The van der Waals surface area contributed by atoms with Crippen molar-refractivity contribution in [2.24, 2.45) is 0 Å². The van der Waals surface area contributed by atoms with Gasteiger partial charge in [0.15, 0.2) is 5.69 Å². The Balaban J connectivity index is 0.00000128. The summed E-state index contributed by atoms with van der Waals surface area (Å²) in [6.45, 7) is 0. The average Bonchev–Trinajstić information content (AvgIpc) is 2.27. The number of halogens is 1. The molecular weight excluding hydrogens is 230 g/mol. The van der Waals surface area contributed by atoms with Crippen LogP contribution in [0.2, 0.25) is 0 Å². The zero-order valence-electron chi connectivity index (χ0n) is 8.51. The summed E-state index contributed by atoms with van der Waals surface area (Å²) >= 11 is 0. The number of carboxylic acids is 1. The highest BCUT2D eigenvalue weighted by Gasteiger charge is 2.10. The van der Waals surface area contributed by atoms with E-state index in [1.807, 2.05) is 24.3 Å². The molecule has 0 saturated carbocycles. The number of rotatable bonds is 2. The van der Waals surface area contributed by atoms with Gasteiger partial charge in [-0.25, -0.2) is 9.78 Å². The van der Waals surface area contributed by atoms with Gasteiger partial charge in [-0.05, 0) is 17.5 Å². The predicted molar refractivity (Wildman–Crippen MR) is 62.5 cm³/mol. The second-order valence-corrected chi connectivity index (χ2v) is 3.04. The molecule has 0 fully saturated rings. The van der Waals surface area contributed by atoms with Crippen LogP contribution in [0.25, 0.3) is 10.8 Å². The van der Waals surface area contributed by atoms with Crippen LogP contribution in [0.15, 0.2) is 30.3 Å². The molecule has 0 aliphatic carbocycles. The fourth-order valence-corrected chi connectivity index (χ4v) is 1.43. The number of carbonyl (C=O) groups is 1. The van der Waals surface area contributed by atoms with Crippen molar-refractivity contribution in [3.8, 4) is 5.88 Å². The van der Waals surface area contributed by atoms with Crippen LogP contribution in [0.3, 0.4) is 0 Å². The number of ether oxygens (including phenoxy) is 1. The molecule has 0 unspecified atom stereocenters. The van der Waals surface area contributed by atoms with Gasteiger partial charge in [0.05, 0.1) is 7.11 Å². The molecule has 0 saturated heterocycles. The number of pyridine rings is 1. The van der Waals surface area contributed by atoms with Gasteiger partial charge in [0.1, 0.15) is 0 Å². The Bertz CT molecular complexity index is 528. The Morgan fingerprint density at radius 1 is 1.38 bits per heavy atom. The maximum Gasteiger partial charge on any atom is 0.354 e. The number of benzene rings is 1. The van der Waals surface area contributed by atoms with Gasteiger partial charge in [-0.3, -0.25) is 0 Å². The minimum absolute atomic E-state index is 0. The topological polar surface area (TPSA) is 59.4 Å². The van der Waals surface area contributed by atoms with Crippen LogP contribution in [0.5, 0.6) is 5.88 Å². The number of carboxylic acid groups (broad SMARTS) is 1. The summed E-state index contributed by atoms with van der Waals surface area (Å²) < 4.78 is 5.04. The lowest BCUT2D eigenvalue weighted by Crippen LogP contribution is -2.02. The molecule has 2 aromatic rings. The van der Waals surface area contributed by atoms with Gasteiger partial charge >= 0.3 is 5.97 Å². The van der Waals surface area contributed by atoms with E-state index in [1.165, 1.54) is 13.2 Å². The molecule has 1 aromatic heterocycles. The Morgan fingerprint density at radius 2 is 2.06 bits per heavy atom. The Hall–Kier alpha value is -1.81.